The first-order valence-corrected chi connectivity index (χ1v) is 17.8. The molecule has 4 amide bonds. The number of rotatable bonds is 16. The Kier molecular flexibility index (Phi) is 13.6. The second kappa shape index (κ2) is 16.9. The first-order valence-electron chi connectivity index (χ1n) is 16.4. The summed E-state index contributed by atoms with van der Waals surface area (Å²) in [6, 6.07) is 3.72. The maximum Gasteiger partial charge on any atom is 0.326 e. The zero-order valence-electron chi connectivity index (χ0n) is 27.6. The van der Waals surface area contributed by atoms with Crippen molar-refractivity contribution in [3.8, 4) is 0 Å². The molecule has 3 atom stereocenters. The number of carbonyl (C=O) groups is 4. The van der Waals surface area contributed by atoms with Gasteiger partial charge in [0.25, 0.3) is 0 Å². The van der Waals surface area contributed by atoms with Gasteiger partial charge in [-0.3, -0.25) is 9.59 Å². The van der Waals surface area contributed by atoms with Crippen LogP contribution in [0.25, 0.3) is 0 Å². The molecular formula is C33H51N5O7S. The number of aliphatic carboxylic acids is 1. The van der Waals surface area contributed by atoms with Crippen molar-refractivity contribution >= 4 is 33.8 Å². The van der Waals surface area contributed by atoms with Crippen molar-refractivity contribution in [1.29, 1.82) is 0 Å². The predicted octanol–water partition coefficient (Wildman–Crippen LogP) is 3.77. The molecule has 1 unspecified atom stereocenters. The molecule has 0 aromatic heterocycles. The molecule has 0 saturated carbocycles. The summed E-state index contributed by atoms with van der Waals surface area (Å²) >= 11 is 0. The number of allylic oxidation sites excluding steroid dienone is 2. The van der Waals surface area contributed by atoms with E-state index in [2.05, 4.69) is 22.9 Å². The molecule has 46 heavy (non-hydrogen) atoms. The van der Waals surface area contributed by atoms with Gasteiger partial charge in [-0.2, -0.15) is 4.31 Å². The van der Waals surface area contributed by atoms with Crippen LogP contribution in [0, 0.1) is 5.41 Å². The summed E-state index contributed by atoms with van der Waals surface area (Å²) in [7, 11) is -3.69. The minimum Gasteiger partial charge on any atom is -0.480 e. The second-order valence-corrected chi connectivity index (χ2v) is 15.1. The van der Waals surface area contributed by atoms with Crippen molar-refractivity contribution in [2.24, 2.45) is 5.41 Å². The third-order valence-corrected chi connectivity index (χ3v) is 10.5. The van der Waals surface area contributed by atoms with Crippen molar-refractivity contribution in [1.82, 2.24) is 25.2 Å². The van der Waals surface area contributed by atoms with E-state index in [1.165, 1.54) is 28.5 Å². The Morgan fingerprint density at radius 3 is 2.43 bits per heavy atom. The van der Waals surface area contributed by atoms with Gasteiger partial charge in [0.2, 0.25) is 21.8 Å². The number of hydrogen-bond acceptors (Lipinski definition) is 6. The molecule has 4 N–H and O–H groups in total. The maximum atomic E-state index is 13.1. The molecular weight excluding hydrogens is 610 g/mol. The number of benzene rings is 1. The lowest BCUT2D eigenvalue weighted by Crippen LogP contribution is -2.55. The molecule has 0 spiro atoms. The topological polar surface area (TPSA) is 165 Å². The van der Waals surface area contributed by atoms with Crippen molar-refractivity contribution < 1.29 is 32.7 Å². The van der Waals surface area contributed by atoms with Crippen molar-refractivity contribution in [3.63, 3.8) is 0 Å². The van der Waals surface area contributed by atoms with E-state index in [1.807, 2.05) is 32.9 Å². The van der Waals surface area contributed by atoms with Gasteiger partial charge in [0.15, 0.2) is 0 Å². The molecule has 1 fully saturated rings. The average Bonchev–Trinajstić information content (AvgIpc) is 3.58. The van der Waals surface area contributed by atoms with Crippen LogP contribution in [-0.2, 0) is 31.0 Å². The molecule has 0 aliphatic carbocycles. The number of carbonyl (C=O) groups excluding carboxylic acids is 3. The van der Waals surface area contributed by atoms with Crippen LogP contribution in [-0.4, -0.2) is 84.3 Å². The summed E-state index contributed by atoms with van der Waals surface area (Å²) < 4.78 is 27.5. The number of hydrogen-bond donors (Lipinski definition) is 4. The largest absolute Gasteiger partial charge is 0.480 e. The molecule has 0 bridgehead atoms. The molecule has 13 heteroatoms. The zero-order chi connectivity index (χ0) is 33.9. The third-order valence-electron chi connectivity index (χ3n) is 8.58. The van der Waals surface area contributed by atoms with E-state index in [9.17, 15) is 32.7 Å². The monoisotopic (exact) mass is 661 g/mol. The van der Waals surface area contributed by atoms with Crippen LogP contribution in [0.3, 0.4) is 0 Å². The van der Waals surface area contributed by atoms with E-state index in [0.717, 1.165) is 12.8 Å². The highest BCUT2D eigenvalue weighted by Crippen LogP contribution is 2.32. The number of amides is 4. The number of urea groups is 1. The molecule has 0 radical (unpaired) electrons. The number of carboxylic acid groups (broad SMARTS) is 1. The highest BCUT2D eigenvalue weighted by molar-refractivity contribution is 7.89. The summed E-state index contributed by atoms with van der Waals surface area (Å²) in [4.78, 5) is 52.5. The van der Waals surface area contributed by atoms with Gasteiger partial charge < -0.3 is 26.0 Å². The summed E-state index contributed by atoms with van der Waals surface area (Å²) in [5.74, 6) is -2.11. The van der Waals surface area contributed by atoms with Crippen molar-refractivity contribution in [3.05, 3.63) is 42.0 Å². The summed E-state index contributed by atoms with van der Waals surface area (Å²) in [6.45, 7) is 8.04. The Morgan fingerprint density at radius 2 is 1.76 bits per heavy atom. The van der Waals surface area contributed by atoms with Crippen LogP contribution >= 0.6 is 0 Å². The average molecular weight is 662 g/mol. The first kappa shape index (κ1) is 37.0. The maximum absolute atomic E-state index is 13.1. The lowest BCUT2D eigenvalue weighted by Gasteiger charge is -2.34. The Balaban J connectivity index is 1.50. The zero-order valence-corrected chi connectivity index (χ0v) is 28.4. The van der Waals surface area contributed by atoms with Gasteiger partial charge in [0, 0.05) is 25.7 Å². The minimum absolute atomic E-state index is 0.0513. The van der Waals surface area contributed by atoms with Crippen LogP contribution in [0.15, 0.2) is 41.3 Å². The minimum atomic E-state index is -3.69. The molecule has 3 rings (SSSR count). The van der Waals surface area contributed by atoms with Crippen LogP contribution in [0.2, 0.25) is 0 Å². The molecule has 2 heterocycles. The highest BCUT2D eigenvalue weighted by Gasteiger charge is 2.39. The van der Waals surface area contributed by atoms with Gasteiger partial charge in [0.1, 0.15) is 12.1 Å². The summed E-state index contributed by atoms with van der Waals surface area (Å²) in [5, 5.41) is 17.7. The molecule has 256 valence electrons. The first-order chi connectivity index (χ1) is 21.8. The number of carboxylic acids is 1. The lowest BCUT2D eigenvalue weighted by molar-refractivity contribution is -0.143. The van der Waals surface area contributed by atoms with Crippen molar-refractivity contribution in [2.45, 2.75) is 115 Å². The Bertz CT molecular complexity index is 1360. The molecule has 12 nitrogen and oxygen atoms in total. The Hall–Kier alpha value is -3.45. The van der Waals surface area contributed by atoms with E-state index >= 15 is 0 Å². The molecule has 1 aromatic carbocycles. The fraction of sp³-hybridized carbons (Fsp3) is 0.636. The van der Waals surface area contributed by atoms with Gasteiger partial charge in [-0.1, -0.05) is 77.3 Å². The van der Waals surface area contributed by atoms with E-state index in [-0.39, 0.29) is 31.0 Å². The van der Waals surface area contributed by atoms with E-state index < -0.39 is 57.4 Å². The molecule has 2 aliphatic rings. The Labute approximate surface area is 273 Å². The van der Waals surface area contributed by atoms with Gasteiger partial charge in [-0.15, -0.1) is 0 Å². The number of nitrogens with zero attached hydrogens (tertiary/aromatic N) is 2. The van der Waals surface area contributed by atoms with E-state index in [0.29, 0.717) is 31.4 Å². The van der Waals surface area contributed by atoms with Crippen LogP contribution < -0.4 is 16.0 Å². The van der Waals surface area contributed by atoms with Crippen LogP contribution in [0.5, 0.6) is 0 Å². The fourth-order valence-corrected chi connectivity index (χ4v) is 7.37. The van der Waals surface area contributed by atoms with E-state index in [4.69, 9.17) is 0 Å². The SMILES string of the molecule is CCCCCC/C=C\CC[C@H](NC(=O)[C@@H]1CCCN1C(=O)CNC(=O)NC(CN1Cc2ccccc2S1(=O)=O)C(C)(C)C)C(=O)O. The standard InChI is InChI=1S/C33H51N5O7S/c1-5-6-7-8-9-10-11-12-17-25(31(41)42)35-30(40)26-18-15-20-38(26)29(39)21-34-32(43)36-28(33(2,3)4)23-37-22-24-16-13-14-19-27(24)46(37,44)45/h10-11,13-14,16,19,25-26,28H,5-9,12,15,17-18,20-23H2,1-4H3,(H,35,40)(H,41,42)(H2,34,36,43)/b11-10-/t25-,26-,28?/m0/s1. The number of unbranched alkanes of at least 4 members (excludes halogenated alkanes) is 4. The summed E-state index contributed by atoms with van der Waals surface area (Å²) in [5.41, 5.74) is 0.198. The quantitative estimate of drug-likeness (QED) is 0.155. The number of sulfonamides is 1. The third kappa shape index (κ3) is 10.3. The van der Waals surface area contributed by atoms with Gasteiger partial charge in [0.05, 0.1) is 11.4 Å². The summed E-state index contributed by atoms with van der Waals surface area (Å²) in [6.07, 6.45) is 11.3. The number of fused-ring (bicyclic) bond motifs is 1. The van der Waals surface area contributed by atoms with Gasteiger partial charge in [-0.25, -0.2) is 18.0 Å². The number of nitrogens with one attached hydrogen (secondary N) is 3. The molecule has 1 aromatic rings. The predicted molar refractivity (Wildman–Crippen MR) is 175 cm³/mol. The fourth-order valence-electron chi connectivity index (χ4n) is 5.72. The molecule has 2 aliphatic heterocycles. The van der Waals surface area contributed by atoms with Crippen molar-refractivity contribution in [2.75, 3.05) is 19.6 Å². The second-order valence-electron chi connectivity index (χ2n) is 13.2. The lowest BCUT2D eigenvalue weighted by atomic mass is 9.86. The van der Waals surface area contributed by atoms with Crippen LogP contribution in [0.4, 0.5) is 4.79 Å². The Morgan fingerprint density at radius 1 is 1.04 bits per heavy atom. The van der Waals surface area contributed by atoms with Gasteiger partial charge >= 0.3 is 12.0 Å². The number of likely N-dealkylation sites (tertiary alicyclic amines) is 1. The van der Waals surface area contributed by atoms with E-state index in [1.54, 1.807) is 24.3 Å². The normalized spacial score (nSPS) is 19.0. The van der Waals surface area contributed by atoms with Crippen LogP contribution in [0.1, 0.15) is 91.0 Å². The van der Waals surface area contributed by atoms with Gasteiger partial charge in [-0.05, 0) is 55.6 Å². The highest BCUT2D eigenvalue weighted by atomic mass is 32.2. The smallest absolute Gasteiger partial charge is 0.326 e. The molecule has 1 saturated heterocycles.